The van der Waals surface area contributed by atoms with Gasteiger partial charge < -0.3 is 5.32 Å². The van der Waals surface area contributed by atoms with Crippen LogP contribution in [0.1, 0.15) is 44.3 Å². The van der Waals surface area contributed by atoms with Crippen LogP contribution in [0.3, 0.4) is 0 Å². The molecule has 1 aromatic heterocycles. The molecule has 1 atom stereocenters. The third-order valence-electron chi connectivity index (χ3n) is 3.73. The van der Waals surface area contributed by atoms with Crippen LogP contribution in [0, 0.1) is 5.92 Å². The molecule has 1 aliphatic rings. The number of hydrogen-bond donors (Lipinski definition) is 1. The molecular formula is C12H20F2N4. The van der Waals surface area contributed by atoms with E-state index in [0.29, 0.717) is 12.8 Å². The Labute approximate surface area is 106 Å². The largest absolute Gasteiger partial charge is 0.309 e. The molecule has 1 N–H and O–H groups in total. The van der Waals surface area contributed by atoms with Gasteiger partial charge in [0.25, 0.3) is 0 Å². The zero-order chi connectivity index (χ0) is 13.2. The van der Waals surface area contributed by atoms with E-state index in [-0.39, 0.29) is 24.8 Å². The van der Waals surface area contributed by atoms with E-state index in [9.17, 15) is 8.78 Å². The first kappa shape index (κ1) is 13.4. The summed E-state index contributed by atoms with van der Waals surface area (Å²) in [6.07, 6.45) is 2.81. The van der Waals surface area contributed by atoms with E-state index in [2.05, 4.69) is 15.6 Å². The van der Waals surface area contributed by atoms with Gasteiger partial charge in [0.1, 0.15) is 0 Å². The van der Waals surface area contributed by atoms with Crippen molar-refractivity contribution in [2.24, 2.45) is 13.0 Å². The van der Waals surface area contributed by atoms with E-state index in [0.717, 1.165) is 12.2 Å². The fourth-order valence-electron chi connectivity index (χ4n) is 2.71. The van der Waals surface area contributed by atoms with Crippen LogP contribution in [0.5, 0.6) is 0 Å². The Morgan fingerprint density at radius 2 is 2.17 bits per heavy atom. The third kappa shape index (κ3) is 2.85. The molecule has 0 bridgehead atoms. The average molecular weight is 258 g/mol. The van der Waals surface area contributed by atoms with Crippen molar-refractivity contribution in [2.75, 3.05) is 6.54 Å². The van der Waals surface area contributed by atoms with E-state index in [4.69, 9.17) is 0 Å². The highest BCUT2D eigenvalue weighted by Crippen LogP contribution is 2.41. The fraction of sp³-hybridized carbons (Fsp3) is 0.833. The predicted molar refractivity (Wildman–Crippen MR) is 64.3 cm³/mol. The minimum Gasteiger partial charge on any atom is -0.309 e. The van der Waals surface area contributed by atoms with Gasteiger partial charge in [0.05, 0.1) is 17.9 Å². The monoisotopic (exact) mass is 258 g/mol. The van der Waals surface area contributed by atoms with Crippen LogP contribution in [0.4, 0.5) is 8.78 Å². The maximum Gasteiger partial charge on any atom is 0.248 e. The molecule has 1 aromatic rings. The van der Waals surface area contributed by atoms with Gasteiger partial charge in [-0.25, -0.2) is 8.78 Å². The van der Waals surface area contributed by atoms with Crippen LogP contribution in [0.15, 0.2) is 6.20 Å². The van der Waals surface area contributed by atoms with Crippen molar-refractivity contribution in [3.05, 3.63) is 11.9 Å². The second-order valence-electron chi connectivity index (χ2n) is 5.01. The number of aryl methyl sites for hydroxylation is 1. The van der Waals surface area contributed by atoms with Crippen LogP contribution < -0.4 is 5.32 Å². The molecule has 1 unspecified atom stereocenters. The minimum absolute atomic E-state index is 0.00909. The molecule has 1 heterocycles. The van der Waals surface area contributed by atoms with Crippen molar-refractivity contribution >= 4 is 0 Å². The van der Waals surface area contributed by atoms with Crippen LogP contribution in [-0.2, 0) is 7.05 Å². The predicted octanol–water partition coefficient (Wildman–Crippen LogP) is 2.29. The zero-order valence-electron chi connectivity index (χ0n) is 10.9. The summed E-state index contributed by atoms with van der Waals surface area (Å²) in [6, 6.07) is 0.0751. The molecule has 2 rings (SSSR count). The standard InChI is InChI=1S/C12H20F2N4/c1-3-15-11(10-8-16-17-18(10)2)9-4-6-12(13,14)7-5-9/h8-9,11,15H,3-7H2,1-2H3. The molecule has 0 saturated heterocycles. The van der Waals surface area contributed by atoms with Crippen molar-refractivity contribution in [2.45, 2.75) is 44.6 Å². The number of halogens is 2. The van der Waals surface area contributed by atoms with Gasteiger partial charge >= 0.3 is 0 Å². The van der Waals surface area contributed by atoms with Gasteiger partial charge in [-0.2, -0.15) is 0 Å². The van der Waals surface area contributed by atoms with Crippen LogP contribution in [0.25, 0.3) is 0 Å². The van der Waals surface area contributed by atoms with E-state index in [1.165, 1.54) is 0 Å². The molecule has 1 saturated carbocycles. The highest BCUT2D eigenvalue weighted by molar-refractivity contribution is 5.05. The zero-order valence-corrected chi connectivity index (χ0v) is 10.9. The topological polar surface area (TPSA) is 42.7 Å². The van der Waals surface area contributed by atoms with E-state index in [1.54, 1.807) is 10.9 Å². The van der Waals surface area contributed by atoms with Crippen molar-refractivity contribution in [1.82, 2.24) is 20.3 Å². The normalized spacial score (nSPS) is 22.0. The van der Waals surface area contributed by atoms with Gasteiger partial charge in [-0.1, -0.05) is 12.1 Å². The number of aromatic nitrogens is 3. The number of rotatable bonds is 4. The number of alkyl halides is 2. The summed E-state index contributed by atoms with van der Waals surface area (Å²) in [4.78, 5) is 0. The van der Waals surface area contributed by atoms with E-state index in [1.807, 2.05) is 14.0 Å². The van der Waals surface area contributed by atoms with Gasteiger partial charge in [0.2, 0.25) is 5.92 Å². The highest BCUT2D eigenvalue weighted by Gasteiger charge is 2.38. The first-order chi connectivity index (χ1) is 8.53. The molecule has 0 aliphatic heterocycles. The summed E-state index contributed by atoms with van der Waals surface area (Å²) in [5, 5.41) is 11.2. The third-order valence-corrected chi connectivity index (χ3v) is 3.73. The molecule has 1 aliphatic carbocycles. The van der Waals surface area contributed by atoms with Gasteiger partial charge in [-0.05, 0) is 25.3 Å². The van der Waals surface area contributed by atoms with Crippen LogP contribution in [0.2, 0.25) is 0 Å². The summed E-state index contributed by atoms with van der Waals surface area (Å²) in [5.41, 5.74) is 0.979. The van der Waals surface area contributed by atoms with Crippen molar-refractivity contribution in [3.8, 4) is 0 Å². The Hall–Kier alpha value is -1.04. The summed E-state index contributed by atoms with van der Waals surface area (Å²) >= 11 is 0. The Kier molecular flexibility index (Phi) is 3.94. The number of nitrogens with one attached hydrogen (secondary N) is 1. The fourth-order valence-corrected chi connectivity index (χ4v) is 2.71. The maximum atomic E-state index is 13.2. The first-order valence-electron chi connectivity index (χ1n) is 6.49. The molecular weight excluding hydrogens is 238 g/mol. The Morgan fingerprint density at radius 3 is 2.67 bits per heavy atom. The van der Waals surface area contributed by atoms with Gasteiger partial charge in [-0.3, -0.25) is 4.68 Å². The van der Waals surface area contributed by atoms with E-state index >= 15 is 0 Å². The summed E-state index contributed by atoms with van der Waals surface area (Å²) < 4.78 is 28.1. The second-order valence-corrected chi connectivity index (χ2v) is 5.01. The summed E-state index contributed by atoms with van der Waals surface area (Å²) in [7, 11) is 1.84. The lowest BCUT2D eigenvalue weighted by molar-refractivity contribution is -0.0499. The Bertz CT molecular complexity index is 381. The molecule has 0 aromatic carbocycles. The van der Waals surface area contributed by atoms with Crippen LogP contribution >= 0.6 is 0 Å². The molecule has 0 spiro atoms. The average Bonchev–Trinajstić information content (AvgIpc) is 2.73. The van der Waals surface area contributed by atoms with Crippen molar-refractivity contribution in [1.29, 1.82) is 0 Å². The van der Waals surface area contributed by atoms with Crippen LogP contribution in [-0.4, -0.2) is 27.5 Å². The Morgan fingerprint density at radius 1 is 1.50 bits per heavy atom. The molecule has 1 fully saturated rings. The van der Waals surface area contributed by atoms with E-state index < -0.39 is 5.92 Å². The lowest BCUT2D eigenvalue weighted by Crippen LogP contribution is -2.35. The van der Waals surface area contributed by atoms with Crippen molar-refractivity contribution in [3.63, 3.8) is 0 Å². The molecule has 0 amide bonds. The minimum atomic E-state index is -2.47. The molecule has 18 heavy (non-hydrogen) atoms. The lowest BCUT2D eigenvalue weighted by atomic mass is 9.81. The second kappa shape index (κ2) is 5.30. The quantitative estimate of drug-likeness (QED) is 0.901. The molecule has 0 radical (unpaired) electrons. The van der Waals surface area contributed by atoms with Gasteiger partial charge in [0, 0.05) is 19.9 Å². The van der Waals surface area contributed by atoms with Crippen molar-refractivity contribution < 1.29 is 8.78 Å². The molecule has 6 heteroatoms. The van der Waals surface area contributed by atoms with Gasteiger partial charge in [-0.15, -0.1) is 5.10 Å². The number of hydrogen-bond acceptors (Lipinski definition) is 3. The molecule has 102 valence electrons. The lowest BCUT2D eigenvalue weighted by Gasteiger charge is -2.33. The number of nitrogens with zero attached hydrogens (tertiary/aromatic N) is 3. The summed E-state index contributed by atoms with van der Waals surface area (Å²) in [6.45, 7) is 2.83. The Balaban J connectivity index is 2.10. The smallest absolute Gasteiger partial charge is 0.248 e. The SMILES string of the molecule is CCNC(c1cnnn1C)C1CCC(F)(F)CC1. The van der Waals surface area contributed by atoms with Gasteiger partial charge in [0.15, 0.2) is 0 Å². The first-order valence-corrected chi connectivity index (χ1v) is 6.49. The highest BCUT2D eigenvalue weighted by atomic mass is 19.3. The molecule has 4 nitrogen and oxygen atoms in total. The summed E-state index contributed by atoms with van der Waals surface area (Å²) in [5.74, 6) is -2.24. The maximum absolute atomic E-state index is 13.2.